The van der Waals surface area contributed by atoms with Gasteiger partial charge in [-0.1, -0.05) is 30.3 Å². The lowest BCUT2D eigenvalue weighted by Crippen LogP contribution is -2.47. The van der Waals surface area contributed by atoms with Gasteiger partial charge in [0.2, 0.25) is 5.91 Å². The van der Waals surface area contributed by atoms with Crippen molar-refractivity contribution in [1.29, 1.82) is 0 Å². The highest BCUT2D eigenvalue weighted by Crippen LogP contribution is 2.13. The average molecular weight is 399 g/mol. The number of aliphatic imine (C=N–C) groups is 1. The van der Waals surface area contributed by atoms with E-state index in [-0.39, 0.29) is 18.5 Å². The number of carbonyl (C=O) groups excluding carboxylic acids is 1. The fraction of sp³-hybridized carbons (Fsp3) is 0.500. The fourth-order valence-corrected chi connectivity index (χ4v) is 3.19. The highest BCUT2D eigenvalue weighted by molar-refractivity contribution is 5.85. The van der Waals surface area contributed by atoms with Gasteiger partial charge in [-0.05, 0) is 18.9 Å². The molecule has 0 saturated heterocycles. The molecule has 1 unspecified atom stereocenters. The molecule has 9 nitrogen and oxygen atoms in total. The van der Waals surface area contributed by atoms with E-state index in [1.165, 1.54) is 0 Å². The molecule has 156 valence electrons. The Bertz CT molecular complexity index is 819. The van der Waals surface area contributed by atoms with Crippen LogP contribution in [-0.4, -0.2) is 52.9 Å². The fourth-order valence-electron chi connectivity index (χ4n) is 3.19. The number of hydrogen-bond acceptors (Lipinski definition) is 5. The Morgan fingerprint density at radius 1 is 1.31 bits per heavy atom. The summed E-state index contributed by atoms with van der Waals surface area (Å²) in [7, 11) is 1.64. The second-order valence-electron chi connectivity index (χ2n) is 6.90. The number of amides is 1. The van der Waals surface area contributed by atoms with Crippen LogP contribution in [0, 0.1) is 0 Å². The van der Waals surface area contributed by atoms with Gasteiger partial charge in [0.25, 0.3) is 0 Å². The third-order valence-corrected chi connectivity index (χ3v) is 4.57. The molecule has 1 aliphatic rings. The van der Waals surface area contributed by atoms with Crippen LogP contribution in [0.3, 0.4) is 0 Å². The predicted molar refractivity (Wildman–Crippen MR) is 110 cm³/mol. The van der Waals surface area contributed by atoms with Crippen LogP contribution in [0.4, 0.5) is 0 Å². The van der Waals surface area contributed by atoms with E-state index in [0.717, 1.165) is 30.8 Å². The Hall–Kier alpha value is -2.94. The van der Waals surface area contributed by atoms with Gasteiger partial charge < -0.3 is 20.7 Å². The topological polar surface area (TPSA) is 105 Å². The minimum absolute atomic E-state index is 0.0709. The van der Waals surface area contributed by atoms with Crippen LogP contribution in [0.1, 0.15) is 30.6 Å². The first-order chi connectivity index (χ1) is 14.2. The molecule has 0 aliphatic carbocycles. The number of rotatable bonds is 8. The lowest BCUT2D eigenvalue weighted by Gasteiger charge is -2.25. The first-order valence-corrected chi connectivity index (χ1v) is 9.95. The zero-order valence-electron chi connectivity index (χ0n) is 17.0. The third kappa shape index (κ3) is 6.28. The van der Waals surface area contributed by atoms with Crippen LogP contribution >= 0.6 is 0 Å². The number of hydrogen-bond donors (Lipinski definition) is 3. The third-order valence-electron chi connectivity index (χ3n) is 4.57. The summed E-state index contributed by atoms with van der Waals surface area (Å²) >= 11 is 0. The van der Waals surface area contributed by atoms with E-state index in [9.17, 15) is 4.79 Å². The van der Waals surface area contributed by atoms with Crippen molar-refractivity contribution in [3.05, 3.63) is 47.5 Å². The molecular weight excluding hydrogens is 370 g/mol. The first-order valence-electron chi connectivity index (χ1n) is 9.95. The van der Waals surface area contributed by atoms with Gasteiger partial charge in [-0.3, -0.25) is 4.79 Å². The highest BCUT2D eigenvalue weighted by atomic mass is 16.5. The molecule has 0 bridgehead atoms. The summed E-state index contributed by atoms with van der Waals surface area (Å²) in [5.41, 5.74) is 1.06. The Morgan fingerprint density at radius 2 is 2.14 bits per heavy atom. The highest BCUT2D eigenvalue weighted by Gasteiger charge is 2.22. The molecule has 1 amide bonds. The van der Waals surface area contributed by atoms with Crippen molar-refractivity contribution in [1.82, 2.24) is 30.7 Å². The Morgan fingerprint density at radius 3 is 2.90 bits per heavy atom. The summed E-state index contributed by atoms with van der Waals surface area (Å²) < 4.78 is 7.03. The molecule has 0 radical (unpaired) electrons. The molecule has 3 N–H and O–H groups in total. The smallest absolute Gasteiger partial charge is 0.242 e. The number of carbonyl (C=O) groups is 1. The van der Waals surface area contributed by atoms with E-state index < -0.39 is 0 Å². The number of benzene rings is 1. The average Bonchev–Trinajstić information content (AvgIpc) is 3.13. The van der Waals surface area contributed by atoms with Crippen molar-refractivity contribution >= 4 is 11.9 Å². The van der Waals surface area contributed by atoms with E-state index in [0.29, 0.717) is 31.5 Å². The van der Waals surface area contributed by atoms with Gasteiger partial charge in [-0.25, -0.2) is 14.7 Å². The van der Waals surface area contributed by atoms with Gasteiger partial charge in [-0.15, -0.1) is 0 Å². The standard InChI is InChI=1S/C20H29N7O2/c1-3-21-20(23-12-19(28)22-11-15-7-5-4-6-8-15)24-16-9-10-18-25-17(14-29-2)26-27(18)13-16/h4-8,16H,3,9-14H2,1-2H3,(H,22,28)(H2,21,23,24). The number of aromatic nitrogens is 3. The van der Waals surface area contributed by atoms with E-state index in [4.69, 9.17) is 4.74 Å². The molecule has 1 atom stereocenters. The number of nitrogens with one attached hydrogen (secondary N) is 3. The molecule has 0 saturated carbocycles. The molecule has 0 spiro atoms. The molecule has 1 aromatic carbocycles. The Balaban J connectivity index is 1.51. The number of guanidine groups is 1. The maximum atomic E-state index is 12.1. The SMILES string of the molecule is CCNC(=NCC(=O)NCc1ccccc1)NC1CCc2nc(COC)nn2C1. The van der Waals surface area contributed by atoms with Crippen LogP contribution < -0.4 is 16.0 Å². The lowest BCUT2D eigenvalue weighted by atomic mass is 10.1. The molecule has 2 aromatic rings. The first kappa shape index (κ1) is 20.8. The van der Waals surface area contributed by atoms with Gasteiger partial charge in [0, 0.05) is 32.7 Å². The number of ether oxygens (including phenoxy) is 1. The van der Waals surface area contributed by atoms with Crippen LogP contribution in [0.15, 0.2) is 35.3 Å². The molecule has 29 heavy (non-hydrogen) atoms. The molecule has 2 heterocycles. The van der Waals surface area contributed by atoms with E-state index in [1.807, 2.05) is 41.9 Å². The van der Waals surface area contributed by atoms with Crippen molar-refractivity contribution in [3.8, 4) is 0 Å². The van der Waals surface area contributed by atoms with Gasteiger partial charge in [0.1, 0.15) is 19.0 Å². The minimum atomic E-state index is -0.113. The molecule has 1 aliphatic heterocycles. The largest absolute Gasteiger partial charge is 0.377 e. The zero-order chi connectivity index (χ0) is 20.5. The van der Waals surface area contributed by atoms with E-state index in [2.05, 4.69) is 31.0 Å². The molecule has 1 aromatic heterocycles. The van der Waals surface area contributed by atoms with Gasteiger partial charge in [0.15, 0.2) is 11.8 Å². The van der Waals surface area contributed by atoms with Crippen LogP contribution in [0.5, 0.6) is 0 Å². The predicted octanol–water partition coefficient (Wildman–Crippen LogP) is 0.611. The van der Waals surface area contributed by atoms with Gasteiger partial charge in [-0.2, -0.15) is 5.10 Å². The summed E-state index contributed by atoms with van der Waals surface area (Å²) in [6, 6.07) is 10.00. The summed E-state index contributed by atoms with van der Waals surface area (Å²) in [6.07, 6.45) is 1.76. The van der Waals surface area contributed by atoms with Gasteiger partial charge in [0.05, 0.1) is 6.54 Å². The Labute approximate surface area is 171 Å². The molecule has 0 fully saturated rings. The van der Waals surface area contributed by atoms with Crippen LogP contribution in [0.25, 0.3) is 0 Å². The lowest BCUT2D eigenvalue weighted by molar-refractivity contribution is -0.119. The maximum Gasteiger partial charge on any atom is 0.242 e. The summed E-state index contributed by atoms with van der Waals surface area (Å²) in [6.45, 7) is 4.41. The molecular formula is C20H29N7O2. The second kappa shape index (κ2) is 10.6. The number of methoxy groups -OCH3 is 1. The number of nitrogens with zero attached hydrogens (tertiary/aromatic N) is 4. The summed E-state index contributed by atoms with van der Waals surface area (Å²) in [4.78, 5) is 21.1. The van der Waals surface area contributed by atoms with Crippen LogP contribution in [0.2, 0.25) is 0 Å². The zero-order valence-corrected chi connectivity index (χ0v) is 17.0. The van der Waals surface area contributed by atoms with Crippen molar-refractivity contribution in [2.24, 2.45) is 4.99 Å². The van der Waals surface area contributed by atoms with Crippen molar-refractivity contribution < 1.29 is 9.53 Å². The number of aryl methyl sites for hydroxylation is 1. The Kier molecular flexibility index (Phi) is 7.57. The second-order valence-corrected chi connectivity index (χ2v) is 6.90. The van der Waals surface area contributed by atoms with Crippen molar-refractivity contribution in [2.75, 3.05) is 20.2 Å². The van der Waals surface area contributed by atoms with Crippen molar-refractivity contribution in [3.63, 3.8) is 0 Å². The summed E-state index contributed by atoms with van der Waals surface area (Å²) in [5.74, 6) is 2.21. The van der Waals surface area contributed by atoms with E-state index >= 15 is 0 Å². The summed E-state index contributed by atoms with van der Waals surface area (Å²) in [5, 5.41) is 14.0. The minimum Gasteiger partial charge on any atom is -0.377 e. The van der Waals surface area contributed by atoms with Crippen LogP contribution in [-0.2, 0) is 35.6 Å². The molecule has 9 heteroatoms. The maximum absolute atomic E-state index is 12.1. The monoisotopic (exact) mass is 399 g/mol. The van der Waals surface area contributed by atoms with Gasteiger partial charge >= 0.3 is 0 Å². The van der Waals surface area contributed by atoms with Crippen molar-refractivity contribution in [2.45, 2.75) is 45.5 Å². The number of fused-ring (bicyclic) bond motifs is 1. The van der Waals surface area contributed by atoms with E-state index in [1.54, 1.807) is 7.11 Å². The normalized spacial score (nSPS) is 16.2. The molecule has 3 rings (SSSR count). The quantitative estimate of drug-likeness (QED) is 0.444.